The number of carbonyl (C=O) groups is 2. The maximum absolute atomic E-state index is 12.3. The Balaban J connectivity index is 2.01. The van der Waals surface area contributed by atoms with E-state index in [1.54, 1.807) is 48.5 Å². The minimum absolute atomic E-state index is 0.0614. The van der Waals surface area contributed by atoms with Crippen LogP contribution in [0.4, 0.5) is 18.0 Å². The smallest absolute Gasteiger partial charge is 0.422 e. The van der Waals surface area contributed by atoms with E-state index in [9.17, 15) is 22.8 Å². The lowest BCUT2D eigenvalue weighted by Crippen LogP contribution is -2.44. The Labute approximate surface area is 164 Å². The van der Waals surface area contributed by atoms with Gasteiger partial charge in [0.25, 0.3) is 0 Å². The molecule has 150 valence electrons. The molecule has 0 saturated carbocycles. The first-order valence-electron chi connectivity index (χ1n) is 8.18. The number of rotatable bonds is 7. The number of nitrogens with one attached hydrogen (secondary N) is 1. The Kier molecular flexibility index (Phi) is 7.69. The first-order valence-corrected chi connectivity index (χ1v) is 8.56. The number of esters is 1. The van der Waals surface area contributed by atoms with Crippen LogP contribution in [-0.2, 0) is 27.3 Å². The predicted octanol–water partition coefficient (Wildman–Crippen LogP) is 4.28. The molecule has 2 rings (SSSR count). The van der Waals surface area contributed by atoms with Crippen LogP contribution in [0.15, 0.2) is 54.6 Å². The molecule has 5 nitrogen and oxygen atoms in total. The van der Waals surface area contributed by atoms with Crippen molar-refractivity contribution in [1.29, 1.82) is 0 Å². The number of amides is 1. The summed E-state index contributed by atoms with van der Waals surface area (Å²) in [6.45, 7) is -1.81. The average Bonchev–Trinajstić information content (AvgIpc) is 2.64. The quantitative estimate of drug-likeness (QED) is 0.685. The van der Waals surface area contributed by atoms with Gasteiger partial charge in [0.1, 0.15) is 12.6 Å². The van der Waals surface area contributed by atoms with Crippen molar-refractivity contribution in [2.75, 3.05) is 6.61 Å². The summed E-state index contributed by atoms with van der Waals surface area (Å²) in [7, 11) is 0. The fourth-order valence-corrected chi connectivity index (χ4v) is 2.47. The number of ether oxygens (including phenoxy) is 2. The minimum Gasteiger partial charge on any atom is -0.454 e. The molecule has 0 aromatic heterocycles. The Morgan fingerprint density at radius 1 is 1.00 bits per heavy atom. The van der Waals surface area contributed by atoms with Gasteiger partial charge in [-0.05, 0) is 23.3 Å². The Hall–Kier alpha value is -2.74. The zero-order valence-electron chi connectivity index (χ0n) is 14.5. The summed E-state index contributed by atoms with van der Waals surface area (Å²) >= 11 is 5.88. The van der Waals surface area contributed by atoms with Crippen LogP contribution in [0.5, 0.6) is 0 Å². The summed E-state index contributed by atoms with van der Waals surface area (Å²) in [5.41, 5.74) is 1.24. The maximum Gasteiger partial charge on any atom is 0.422 e. The summed E-state index contributed by atoms with van der Waals surface area (Å²) in [4.78, 5) is 24.1. The van der Waals surface area contributed by atoms with Crippen molar-refractivity contribution in [2.45, 2.75) is 25.2 Å². The molecule has 0 bridgehead atoms. The van der Waals surface area contributed by atoms with Crippen LogP contribution in [0.25, 0.3) is 0 Å². The van der Waals surface area contributed by atoms with Gasteiger partial charge in [-0.1, -0.05) is 54.1 Å². The predicted molar refractivity (Wildman–Crippen MR) is 95.7 cm³/mol. The van der Waals surface area contributed by atoms with Crippen molar-refractivity contribution in [3.05, 3.63) is 70.7 Å². The van der Waals surface area contributed by atoms with Crippen molar-refractivity contribution in [3.8, 4) is 0 Å². The molecule has 2 aromatic carbocycles. The van der Waals surface area contributed by atoms with Crippen LogP contribution in [0.2, 0.25) is 5.02 Å². The van der Waals surface area contributed by atoms with E-state index in [1.165, 1.54) is 6.07 Å². The van der Waals surface area contributed by atoms with Gasteiger partial charge in [0.05, 0.1) is 0 Å². The van der Waals surface area contributed by atoms with Crippen LogP contribution < -0.4 is 5.32 Å². The molecule has 1 atom stereocenters. The highest BCUT2D eigenvalue weighted by atomic mass is 35.5. The minimum atomic E-state index is -4.68. The van der Waals surface area contributed by atoms with Crippen LogP contribution >= 0.6 is 11.6 Å². The van der Waals surface area contributed by atoms with Gasteiger partial charge in [-0.25, -0.2) is 9.59 Å². The largest absolute Gasteiger partial charge is 0.454 e. The molecular weight excluding hydrogens is 399 g/mol. The summed E-state index contributed by atoms with van der Waals surface area (Å²) in [6.07, 6.45) is -5.75. The van der Waals surface area contributed by atoms with Crippen LogP contribution in [0.3, 0.4) is 0 Å². The second-order valence-electron chi connectivity index (χ2n) is 5.82. The summed E-state index contributed by atoms with van der Waals surface area (Å²) < 4.78 is 46.2. The van der Waals surface area contributed by atoms with E-state index < -0.39 is 30.9 Å². The number of hydrogen-bond donors (Lipinski definition) is 1. The fourth-order valence-electron chi connectivity index (χ4n) is 2.25. The van der Waals surface area contributed by atoms with E-state index in [0.29, 0.717) is 16.1 Å². The molecule has 0 aliphatic rings. The number of alkyl carbamates (subject to hydrolysis) is 1. The first-order chi connectivity index (χ1) is 13.2. The Bertz CT molecular complexity index is 799. The van der Waals surface area contributed by atoms with Crippen molar-refractivity contribution in [1.82, 2.24) is 5.32 Å². The molecule has 2 aromatic rings. The van der Waals surface area contributed by atoms with Gasteiger partial charge in [-0.3, -0.25) is 0 Å². The van der Waals surface area contributed by atoms with E-state index in [0.717, 1.165) is 0 Å². The Morgan fingerprint density at radius 2 is 1.68 bits per heavy atom. The second-order valence-corrected chi connectivity index (χ2v) is 6.25. The van der Waals surface area contributed by atoms with Gasteiger partial charge in [-0.15, -0.1) is 0 Å². The van der Waals surface area contributed by atoms with Gasteiger partial charge in [0.15, 0.2) is 6.61 Å². The van der Waals surface area contributed by atoms with Crippen molar-refractivity contribution >= 4 is 23.7 Å². The lowest BCUT2D eigenvalue weighted by Gasteiger charge is -2.18. The number of hydrogen-bond acceptors (Lipinski definition) is 4. The average molecular weight is 416 g/mol. The number of carbonyl (C=O) groups excluding carboxylic acids is 2. The zero-order valence-corrected chi connectivity index (χ0v) is 15.3. The molecule has 0 fully saturated rings. The fraction of sp³-hybridized carbons (Fsp3) is 0.263. The molecule has 0 spiro atoms. The van der Waals surface area contributed by atoms with E-state index in [-0.39, 0.29) is 13.0 Å². The lowest BCUT2D eigenvalue weighted by atomic mass is 10.1. The highest BCUT2D eigenvalue weighted by Gasteiger charge is 2.32. The second kappa shape index (κ2) is 9.98. The van der Waals surface area contributed by atoms with E-state index in [2.05, 4.69) is 10.1 Å². The van der Waals surface area contributed by atoms with E-state index in [4.69, 9.17) is 16.3 Å². The maximum atomic E-state index is 12.3. The third-order valence-corrected chi connectivity index (χ3v) is 3.73. The molecule has 1 amide bonds. The van der Waals surface area contributed by atoms with Gasteiger partial charge in [0, 0.05) is 11.4 Å². The Morgan fingerprint density at radius 3 is 2.32 bits per heavy atom. The highest BCUT2D eigenvalue weighted by molar-refractivity contribution is 6.30. The van der Waals surface area contributed by atoms with Gasteiger partial charge < -0.3 is 14.8 Å². The molecule has 28 heavy (non-hydrogen) atoms. The third kappa shape index (κ3) is 7.87. The lowest BCUT2D eigenvalue weighted by molar-refractivity contribution is -0.187. The topological polar surface area (TPSA) is 64.6 Å². The van der Waals surface area contributed by atoms with Gasteiger partial charge in [-0.2, -0.15) is 13.2 Å². The molecular formula is C19H17ClF3NO4. The van der Waals surface area contributed by atoms with Crippen LogP contribution in [-0.4, -0.2) is 30.9 Å². The highest BCUT2D eigenvalue weighted by Crippen LogP contribution is 2.16. The van der Waals surface area contributed by atoms with E-state index >= 15 is 0 Å². The number of alkyl halides is 3. The normalized spacial score (nSPS) is 12.1. The molecule has 9 heteroatoms. The first kappa shape index (κ1) is 21.6. The van der Waals surface area contributed by atoms with Gasteiger partial charge >= 0.3 is 18.2 Å². The molecule has 0 radical (unpaired) electrons. The van der Waals surface area contributed by atoms with Crippen molar-refractivity contribution < 1.29 is 32.2 Å². The molecule has 0 aliphatic carbocycles. The van der Waals surface area contributed by atoms with Crippen molar-refractivity contribution in [3.63, 3.8) is 0 Å². The van der Waals surface area contributed by atoms with Gasteiger partial charge in [0.2, 0.25) is 0 Å². The van der Waals surface area contributed by atoms with Crippen LogP contribution in [0.1, 0.15) is 11.1 Å². The number of benzene rings is 2. The summed E-state index contributed by atoms with van der Waals surface area (Å²) in [5, 5.41) is 2.63. The molecule has 1 N–H and O–H groups in total. The molecule has 0 saturated heterocycles. The third-order valence-electron chi connectivity index (χ3n) is 3.50. The summed E-state index contributed by atoms with van der Waals surface area (Å²) in [5.74, 6) is -1.23. The standard InChI is InChI=1S/C19H17ClF3NO4/c20-15-8-4-7-14(9-15)10-16(17(25)28-12-19(21,22)23)24-18(26)27-11-13-5-2-1-3-6-13/h1-9,16H,10-12H2,(H,24,26)/t16-/m1/s1. The van der Waals surface area contributed by atoms with E-state index in [1.807, 2.05) is 0 Å². The molecule has 0 aliphatic heterocycles. The monoisotopic (exact) mass is 415 g/mol. The molecule has 0 unspecified atom stereocenters. The molecule has 0 heterocycles. The summed E-state index contributed by atoms with van der Waals surface area (Å²) in [6, 6.07) is 13.8. The van der Waals surface area contributed by atoms with Crippen LogP contribution in [0, 0.1) is 0 Å². The number of halogens is 4. The zero-order chi connectivity index (χ0) is 20.6. The SMILES string of the molecule is O=C(N[C@H](Cc1cccc(Cl)c1)C(=O)OCC(F)(F)F)OCc1ccccc1. The van der Waals surface area contributed by atoms with Crippen molar-refractivity contribution in [2.24, 2.45) is 0 Å².